The second kappa shape index (κ2) is 9.30. The van der Waals surface area contributed by atoms with E-state index in [-0.39, 0.29) is 5.56 Å². The fraction of sp³-hybridized carbons (Fsp3) is 0.292. The van der Waals surface area contributed by atoms with Crippen molar-refractivity contribution >= 4 is 43.6 Å². The predicted molar refractivity (Wildman–Crippen MR) is 128 cm³/mol. The summed E-state index contributed by atoms with van der Waals surface area (Å²) in [7, 11) is 1.61. The van der Waals surface area contributed by atoms with Crippen LogP contribution < -0.4 is 15.3 Å². The summed E-state index contributed by atoms with van der Waals surface area (Å²) in [6.07, 6.45) is 0. The van der Waals surface area contributed by atoms with E-state index >= 15 is 0 Å². The summed E-state index contributed by atoms with van der Waals surface area (Å²) in [6.45, 7) is 3.98. The van der Waals surface area contributed by atoms with E-state index in [0.717, 1.165) is 29.1 Å². The van der Waals surface area contributed by atoms with Gasteiger partial charge in [-0.1, -0.05) is 29.5 Å². The Bertz CT molecular complexity index is 1360. The second-order valence-corrected chi connectivity index (χ2v) is 8.74. The van der Waals surface area contributed by atoms with Crippen molar-refractivity contribution in [1.82, 2.24) is 9.88 Å². The quantitative estimate of drug-likeness (QED) is 0.404. The first-order valence-electron chi connectivity index (χ1n) is 10.7. The first-order chi connectivity index (χ1) is 16.1. The lowest BCUT2D eigenvalue weighted by Crippen LogP contribution is -2.44. The second-order valence-electron chi connectivity index (χ2n) is 7.73. The molecule has 2 aromatic heterocycles. The number of para-hydroxylation sites is 1. The molecule has 0 aliphatic carbocycles. The van der Waals surface area contributed by atoms with Crippen molar-refractivity contribution in [3.63, 3.8) is 0 Å². The number of benzene rings is 2. The number of carbonyl (C=O) groups excluding carboxylic acids is 1. The third kappa shape index (κ3) is 4.47. The minimum Gasteiger partial charge on any atom is -0.497 e. The number of rotatable bonds is 6. The molecule has 1 fully saturated rings. The van der Waals surface area contributed by atoms with Crippen LogP contribution in [0.15, 0.2) is 57.7 Å². The summed E-state index contributed by atoms with van der Waals surface area (Å²) in [5.74, 6) is 0.299. The lowest BCUT2D eigenvalue weighted by Gasteiger charge is -2.29. The van der Waals surface area contributed by atoms with Crippen molar-refractivity contribution in [1.29, 1.82) is 0 Å². The van der Waals surface area contributed by atoms with Gasteiger partial charge in [-0.25, -0.2) is 9.78 Å². The smallest absolute Gasteiger partial charge is 0.349 e. The van der Waals surface area contributed by atoms with Gasteiger partial charge in [0.25, 0.3) is 5.91 Å². The lowest BCUT2D eigenvalue weighted by molar-refractivity contribution is 0.0391. The van der Waals surface area contributed by atoms with E-state index in [4.69, 9.17) is 13.9 Å². The van der Waals surface area contributed by atoms with Gasteiger partial charge in [0.15, 0.2) is 5.13 Å². The van der Waals surface area contributed by atoms with Gasteiger partial charge >= 0.3 is 5.63 Å². The number of thiazole rings is 1. The number of hydrogen-bond acceptors (Lipinski definition) is 8. The average molecular weight is 466 g/mol. The summed E-state index contributed by atoms with van der Waals surface area (Å²) in [5, 5.41) is 1.23. The Morgan fingerprint density at radius 2 is 2.00 bits per heavy atom. The zero-order valence-electron chi connectivity index (χ0n) is 18.2. The molecule has 0 saturated carbocycles. The van der Waals surface area contributed by atoms with Crippen LogP contribution in [0.5, 0.6) is 5.75 Å². The molecule has 0 spiro atoms. The highest BCUT2D eigenvalue weighted by Gasteiger charge is 2.26. The molecule has 3 heterocycles. The van der Waals surface area contributed by atoms with Crippen LogP contribution in [0.1, 0.15) is 10.4 Å². The number of morpholine rings is 1. The minimum atomic E-state index is -0.655. The number of fused-ring (bicyclic) bond motifs is 2. The summed E-state index contributed by atoms with van der Waals surface area (Å²) in [5.41, 5.74) is 0.557. The minimum absolute atomic E-state index is 0.00693. The summed E-state index contributed by atoms with van der Waals surface area (Å²) in [6, 6.07) is 14.4. The molecule has 0 radical (unpaired) electrons. The van der Waals surface area contributed by atoms with Crippen LogP contribution in [0, 0.1) is 0 Å². The third-order valence-corrected chi connectivity index (χ3v) is 6.72. The topological polar surface area (TPSA) is 85.1 Å². The first-order valence-corrected chi connectivity index (χ1v) is 11.5. The SMILES string of the molecule is COc1ccc2nc(N(CCN3CCOCC3)C(=O)c3cc4ccccc4oc3=O)sc2c1. The maximum Gasteiger partial charge on any atom is 0.349 e. The number of aromatic nitrogens is 1. The van der Waals surface area contributed by atoms with Gasteiger partial charge in [0.05, 0.1) is 30.5 Å². The van der Waals surface area contributed by atoms with Gasteiger partial charge < -0.3 is 13.9 Å². The Balaban J connectivity index is 1.52. The molecule has 0 atom stereocenters. The zero-order chi connectivity index (χ0) is 22.8. The summed E-state index contributed by atoms with van der Waals surface area (Å²) in [4.78, 5) is 34.8. The van der Waals surface area contributed by atoms with Crippen molar-refractivity contribution < 1.29 is 18.7 Å². The fourth-order valence-corrected chi connectivity index (χ4v) is 4.86. The van der Waals surface area contributed by atoms with Crippen molar-refractivity contribution in [2.75, 3.05) is 51.4 Å². The molecule has 9 heteroatoms. The van der Waals surface area contributed by atoms with Gasteiger partial charge in [-0.3, -0.25) is 14.6 Å². The number of carbonyl (C=O) groups is 1. The highest BCUT2D eigenvalue weighted by Crippen LogP contribution is 2.32. The van der Waals surface area contributed by atoms with Crippen LogP contribution in [0.25, 0.3) is 21.2 Å². The predicted octanol–water partition coefficient (Wildman–Crippen LogP) is 3.39. The van der Waals surface area contributed by atoms with Crippen LogP contribution in [-0.2, 0) is 4.74 Å². The van der Waals surface area contributed by atoms with Crippen molar-refractivity contribution in [2.24, 2.45) is 0 Å². The Kier molecular flexibility index (Phi) is 6.08. The molecule has 1 aliphatic heterocycles. The van der Waals surface area contributed by atoms with Crippen LogP contribution in [0.4, 0.5) is 5.13 Å². The van der Waals surface area contributed by atoms with Crippen molar-refractivity contribution in [3.05, 3.63) is 64.5 Å². The molecule has 0 bridgehead atoms. The van der Waals surface area contributed by atoms with Gasteiger partial charge in [-0.2, -0.15) is 0 Å². The van der Waals surface area contributed by atoms with Crippen molar-refractivity contribution in [3.8, 4) is 5.75 Å². The Labute approximate surface area is 194 Å². The molecule has 5 rings (SSSR count). The molecular formula is C24H23N3O5S. The molecule has 0 N–H and O–H groups in total. The molecule has 1 saturated heterocycles. The molecule has 0 unspecified atom stereocenters. The highest BCUT2D eigenvalue weighted by atomic mass is 32.1. The Hall–Kier alpha value is -3.27. The van der Waals surface area contributed by atoms with Gasteiger partial charge in [-0.15, -0.1) is 0 Å². The maximum absolute atomic E-state index is 13.6. The van der Waals surface area contributed by atoms with Gasteiger partial charge in [-0.05, 0) is 30.3 Å². The third-order valence-electron chi connectivity index (χ3n) is 5.68. The number of ether oxygens (including phenoxy) is 2. The first kappa shape index (κ1) is 21.6. The van der Waals surface area contributed by atoms with E-state index in [2.05, 4.69) is 9.88 Å². The molecular weight excluding hydrogens is 442 g/mol. The van der Waals surface area contributed by atoms with E-state index < -0.39 is 11.5 Å². The molecule has 170 valence electrons. The Morgan fingerprint density at radius 1 is 1.18 bits per heavy atom. The van der Waals surface area contributed by atoms with E-state index in [1.165, 1.54) is 11.3 Å². The monoisotopic (exact) mass is 465 g/mol. The Morgan fingerprint density at radius 3 is 2.82 bits per heavy atom. The lowest BCUT2D eigenvalue weighted by atomic mass is 10.1. The average Bonchev–Trinajstić information content (AvgIpc) is 3.27. The standard InChI is InChI=1S/C24H23N3O5S/c1-30-17-6-7-19-21(15-17)33-24(25-19)27(9-8-26-10-12-31-13-11-26)22(28)18-14-16-4-2-3-5-20(16)32-23(18)29/h2-7,14-15H,8-13H2,1H3. The number of methoxy groups -OCH3 is 1. The molecule has 1 aliphatic rings. The maximum atomic E-state index is 13.6. The van der Waals surface area contributed by atoms with E-state index in [0.29, 0.717) is 42.4 Å². The van der Waals surface area contributed by atoms with Gasteiger partial charge in [0.1, 0.15) is 16.9 Å². The number of amides is 1. The van der Waals surface area contributed by atoms with E-state index in [1.54, 1.807) is 30.2 Å². The largest absolute Gasteiger partial charge is 0.497 e. The van der Waals surface area contributed by atoms with Crippen LogP contribution in [-0.4, -0.2) is 62.3 Å². The zero-order valence-corrected chi connectivity index (χ0v) is 19.0. The fourth-order valence-electron chi connectivity index (χ4n) is 3.84. The molecule has 33 heavy (non-hydrogen) atoms. The summed E-state index contributed by atoms with van der Waals surface area (Å²) < 4.78 is 17.1. The van der Waals surface area contributed by atoms with E-state index in [9.17, 15) is 9.59 Å². The molecule has 8 nitrogen and oxygen atoms in total. The van der Waals surface area contributed by atoms with Crippen LogP contribution >= 0.6 is 11.3 Å². The van der Waals surface area contributed by atoms with Crippen LogP contribution in [0.3, 0.4) is 0 Å². The van der Waals surface area contributed by atoms with E-state index in [1.807, 2.05) is 30.3 Å². The van der Waals surface area contributed by atoms with Crippen LogP contribution in [0.2, 0.25) is 0 Å². The molecule has 4 aromatic rings. The number of anilines is 1. The normalized spacial score (nSPS) is 14.6. The highest BCUT2D eigenvalue weighted by molar-refractivity contribution is 7.22. The van der Waals surface area contributed by atoms with Gasteiger partial charge in [0.2, 0.25) is 0 Å². The molecule has 2 aromatic carbocycles. The number of hydrogen-bond donors (Lipinski definition) is 0. The molecule has 1 amide bonds. The van der Waals surface area contributed by atoms with Gasteiger partial charge in [0, 0.05) is 31.6 Å². The van der Waals surface area contributed by atoms with Crippen molar-refractivity contribution in [2.45, 2.75) is 0 Å². The summed E-state index contributed by atoms with van der Waals surface area (Å²) >= 11 is 1.39. The number of nitrogens with zero attached hydrogens (tertiary/aromatic N) is 3.